The van der Waals surface area contributed by atoms with Crippen molar-refractivity contribution in [1.29, 1.82) is 0 Å². The van der Waals surface area contributed by atoms with Crippen LogP contribution in [-0.2, 0) is 9.39 Å². The van der Waals surface area contributed by atoms with Crippen LogP contribution < -0.4 is 4.65 Å². The molecule has 0 spiro atoms. The second-order valence-electron chi connectivity index (χ2n) is 4.30. The summed E-state index contributed by atoms with van der Waals surface area (Å²) in [7, 11) is -1.25. The molecule has 0 saturated heterocycles. The van der Waals surface area contributed by atoms with Crippen LogP contribution in [0.2, 0.25) is 0 Å². The third-order valence-electron chi connectivity index (χ3n) is 2.74. The fraction of sp³-hybridized carbons (Fsp3) is 0.571. The minimum atomic E-state index is -1.25. The molecule has 0 radical (unpaired) electrons. The predicted octanol–water partition coefficient (Wildman–Crippen LogP) is 2.65. The molecule has 0 amide bonds. The van der Waals surface area contributed by atoms with Crippen LogP contribution in [0.3, 0.4) is 0 Å². The number of hydrogen-bond donors (Lipinski definition) is 1. The quantitative estimate of drug-likeness (QED) is 0.522. The smallest absolute Gasteiger partial charge is 0.512 e. The Bertz CT molecular complexity index is 320. The van der Waals surface area contributed by atoms with E-state index in [1.165, 1.54) is 0 Å². The van der Waals surface area contributed by atoms with Crippen LogP contribution >= 0.6 is 0 Å². The monoisotopic (exact) mass is 266 g/mol. The zero-order valence-electron chi connectivity index (χ0n) is 11.7. The molecule has 1 aromatic rings. The topological polar surface area (TPSA) is 47.9 Å². The molecule has 1 atom stereocenters. The van der Waals surface area contributed by atoms with Crippen molar-refractivity contribution in [3.05, 3.63) is 30.3 Å². The van der Waals surface area contributed by atoms with Gasteiger partial charge >= 0.3 is 7.32 Å². The lowest BCUT2D eigenvalue weighted by Crippen LogP contribution is -2.28. The standard InChI is InChI=1S/C14H23BO4/c1-3-8-13(4-2)17-11-12-18-15(16)19-14-9-6-5-7-10-14/h5-7,9-10,13,16H,3-4,8,11-12H2,1-2H3. The normalized spacial score (nSPS) is 12.2. The average molecular weight is 266 g/mol. The number of benzene rings is 1. The fourth-order valence-corrected chi connectivity index (χ4v) is 1.74. The fourth-order valence-electron chi connectivity index (χ4n) is 1.74. The van der Waals surface area contributed by atoms with Crippen molar-refractivity contribution >= 4 is 7.32 Å². The van der Waals surface area contributed by atoms with Gasteiger partial charge in [-0.05, 0) is 25.0 Å². The third kappa shape index (κ3) is 7.20. The van der Waals surface area contributed by atoms with E-state index in [2.05, 4.69) is 13.8 Å². The molecule has 0 aliphatic rings. The minimum Gasteiger partial charge on any atom is -0.512 e. The van der Waals surface area contributed by atoms with Crippen LogP contribution in [0.5, 0.6) is 5.75 Å². The Morgan fingerprint density at radius 1 is 1.16 bits per heavy atom. The summed E-state index contributed by atoms with van der Waals surface area (Å²) in [6, 6.07) is 9.07. The van der Waals surface area contributed by atoms with Crippen molar-refractivity contribution in [1.82, 2.24) is 0 Å². The predicted molar refractivity (Wildman–Crippen MR) is 75.9 cm³/mol. The zero-order chi connectivity index (χ0) is 13.9. The molecule has 5 heteroatoms. The van der Waals surface area contributed by atoms with Gasteiger partial charge in [0.2, 0.25) is 0 Å². The molecule has 0 saturated carbocycles. The van der Waals surface area contributed by atoms with Gasteiger partial charge in [0, 0.05) is 0 Å². The molecule has 0 bridgehead atoms. The molecule has 0 fully saturated rings. The molecule has 0 aliphatic carbocycles. The lowest BCUT2D eigenvalue weighted by atomic mass is 10.2. The van der Waals surface area contributed by atoms with E-state index < -0.39 is 7.32 Å². The van der Waals surface area contributed by atoms with Gasteiger partial charge < -0.3 is 19.1 Å². The van der Waals surface area contributed by atoms with Crippen LogP contribution in [0.25, 0.3) is 0 Å². The number of rotatable bonds is 10. The maximum atomic E-state index is 9.53. The summed E-state index contributed by atoms with van der Waals surface area (Å²) in [6.45, 7) is 5.02. The van der Waals surface area contributed by atoms with Crippen molar-refractivity contribution in [2.45, 2.75) is 39.2 Å². The summed E-state index contributed by atoms with van der Waals surface area (Å²) in [6.07, 6.45) is 3.44. The van der Waals surface area contributed by atoms with Gasteiger partial charge in [-0.15, -0.1) is 0 Å². The molecule has 0 aromatic heterocycles. The lowest BCUT2D eigenvalue weighted by Gasteiger charge is -2.15. The molecule has 106 valence electrons. The van der Waals surface area contributed by atoms with Crippen molar-refractivity contribution in [2.75, 3.05) is 13.2 Å². The van der Waals surface area contributed by atoms with Crippen LogP contribution in [-0.4, -0.2) is 31.7 Å². The van der Waals surface area contributed by atoms with E-state index in [0.717, 1.165) is 19.3 Å². The molecule has 1 aromatic carbocycles. The van der Waals surface area contributed by atoms with Gasteiger partial charge in [-0.25, -0.2) is 0 Å². The molecular formula is C14H23BO4. The molecule has 19 heavy (non-hydrogen) atoms. The van der Waals surface area contributed by atoms with Gasteiger partial charge in [0.15, 0.2) is 0 Å². The van der Waals surface area contributed by atoms with Crippen LogP contribution in [0.15, 0.2) is 30.3 Å². The van der Waals surface area contributed by atoms with Crippen molar-refractivity contribution in [3.8, 4) is 5.75 Å². The lowest BCUT2D eigenvalue weighted by molar-refractivity contribution is 0.0185. The third-order valence-corrected chi connectivity index (χ3v) is 2.74. The number of para-hydroxylation sites is 1. The Hall–Kier alpha value is -1.04. The van der Waals surface area contributed by atoms with Crippen molar-refractivity contribution in [3.63, 3.8) is 0 Å². The Morgan fingerprint density at radius 3 is 2.53 bits per heavy atom. The maximum Gasteiger partial charge on any atom is 0.710 e. The summed E-state index contributed by atoms with van der Waals surface area (Å²) < 4.78 is 15.9. The highest BCUT2D eigenvalue weighted by atomic mass is 16.7. The van der Waals surface area contributed by atoms with Gasteiger partial charge in [-0.3, -0.25) is 0 Å². The minimum absolute atomic E-state index is 0.279. The molecular weight excluding hydrogens is 243 g/mol. The summed E-state index contributed by atoms with van der Waals surface area (Å²) in [5, 5.41) is 9.53. The second kappa shape index (κ2) is 9.84. The van der Waals surface area contributed by atoms with E-state index in [1.807, 2.05) is 18.2 Å². The zero-order valence-corrected chi connectivity index (χ0v) is 11.7. The van der Waals surface area contributed by atoms with Gasteiger partial charge in [-0.2, -0.15) is 0 Å². The Balaban J connectivity index is 2.12. The van der Waals surface area contributed by atoms with E-state index in [0.29, 0.717) is 19.0 Å². The maximum absolute atomic E-state index is 9.53. The van der Waals surface area contributed by atoms with Crippen LogP contribution in [0.4, 0.5) is 0 Å². The SMILES string of the molecule is CCCC(CC)OCCOB(O)Oc1ccccc1. The first-order valence-electron chi connectivity index (χ1n) is 6.89. The van der Waals surface area contributed by atoms with Crippen LogP contribution in [0, 0.1) is 0 Å². The summed E-state index contributed by atoms with van der Waals surface area (Å²) >= 11 is 0. The van der Waals surface area contributed by atoms with Crippen molar-refractivity contribution < 1.29 is 19.1 Å². The first-order chi connectivity index (χ1) is 9.26. The molecule has 4 nitrogen and oxygen atoms in total. The highest BCUT2D eigenvalue weighted by molar-refractivity contribution is 6.35. The number of ether oxygens (including phenoxy) is 1. The summed E-state index contributed by atoms with van der Waals surface area (Å²) in [5.41, 5.74) is 0. The molecule has 0 heterocycles. The molecule has 1 unspecified atom stereocenters. The first-order valence-corrected chi connectivity index (χ1v) is 6.89. The molecule has 1 N–H and O–H groups in total. The van der Waals surface area contributed by atoms with E-state index in [9.17, 15) is 5.02 Å². The second-order valence-corrected chi connectivity index (χ2v) is 4.30. The highest BCUT2D eigenvalue weighted by Crippen LogP contribution is 2.09. The van der Waals surface area contributed by atoms with Gasteiger partial charge in [0.25, 0.3) is 0 Å². The van der Waals surface area contributed by atoms with Crippen LogP contribution in [0.1, 0.15) is 33.1 Å². The highest BCUT2D eigenvalue weighted by Gasteiger charge is 2.18. The van der Waals surface area contributed by atoms with E-state index in [-0.39, 0.29) is 6.10 Å². The van der Waals surface area contributed by atoms with Gasteiger partial charge in [-0.1, -0.05) is 38.5 Å². The van der Waals surface area contributed by atoms with E-state index in [4.69, 9.17) is 14.0 Å². The Labute approximate surface area is 115 Å². The average Bonchev–Trinajstić information content (AvgIpc) is 2.43. The summed E-state index contributed by atoms with van der Waals surface area (Å²) in [4.78, 5) is 0. The Kier molecular flexibility index (Phi) is 8.30. The van der Waals surface area contributed by atoms with E-state index >= 15 is 0 Å². The largest absolute Gasteiger partial charge is 0.710 e. The van der Waals surface area contributed by atoms with E-state index in [1.54, 1.807) is 12.1 Å². The Morgan fingerprint density at radius 2 is 1.89 bits per heavy atom. The van der Waals surface area contributed by atoms with Gasteiger partial charge in [0.1, 0.15) is 5.75 Å². The first kappa shape index (κ1) is 16.0. The molecule has 1 rings (SSSR count). The number of hydrogen-bond acceptors (Lipinski definition) is 4. The summed E-state index contributed by atoms with van der Waals surface area (Å²) in [5.74, 6) is 0.577. The van der Waals surface area contributed by atoms with Crippen molar-refractivity contribution in [2.24, 2.45) is 0 Å². The molecule has 0 aliphatic heterocycles. The van der Waals surface area contributed by atoms with Gasteiger partial charge in [0.05, 0.1) is 19.3 Å².